The van der Waals surface area contributed by atoms with Crippen molar-refractivity contribution in [3.8, 4) is 45.0 Å². The quantitative estimate of drug-likeness (QED) is 0.160. The van der Waals surface area contributed by atoms with Gasteiger partial charge in [-0.05, 0) is 256 Å². The molecule has 1 atom stereocenters. The van der Waals surface area contributed by atoms with Crippen LogP contribution >= 0.6 is 0 Å². The van der Waals surface area contributed by atoms with Gasteiger partial charge in [-0.25, -0.2) is 0 Å². The van der Waals surface area contributed by atoms with Gasteiger partial charge in [-0.2, -0.15) is 28.3 Å². The predicted octanol–water partition coefficient (Wildman–Crippen LogP) is 31.6. The average Bonchev–Trinajstić information content (AvgIpc) is 0.934. The molecule has 0 bridgehead atoms. The molecule has 12 rings (SSSR count). The Morgan fingerprint density at radius 2 is 0.437 bits per heavy atom. The topological polar surface area (TPSA) is 81.3 Å². The van der Waals surface area contributed by atoms with Gasteiger partial charge in [-0.15, -0.1) is 141 Å². The van der Waals surface area contributed by atoms with Crippen LogP contribution in [0.4, 0.5) is 0 Å². The molecule has 4 aromatic heterocycles. The van der Waals surface area contributed by atoms with Crippen LogP contribution in [0, 0.1) is 352 Å². The van der Waals surface area contributed by atoms with E-state index in [1.807, 2.05) is 19.0 Å². The van der Waals surface area contributed by atoms with Gasteiger partial charge in [-0.1, -0.05) is 167 Å². The van der Waals surface area contributed by atoms with Gasteiger partial charge in [-0.3, -0.25) is 0 Å². The zero-order valence-electron chi connectivity index (χ0n) is 86.5. The van der Waals surface area contributed by atoms with Crippen LogP contribution in [-0.2, 0) is 80.4 Å². The Bertz CT molecular complexity index is 5240. The van der Waals surface area contributed by atoms with Crippen molar-refractivity contribution >= 4 is 27.4 Å². The SMILES string of the molecule is CC1=NN(C)C(c2[c-]c(C)c(C)c(C)c2C)[N-]1.Cc1[c-]c(-c2nc(C)c(C)c(C)c2C)c(C)c(C)c1C.Cc1[c-]c(-c2nc(C)c(C)c(C)c2C)c(C)c(C)c1C.Cc1[c-]c(-c2nc(C)c(C)c3c(C)c(C)c(C)c(C)c23)c(C)c(C)c1C.Cc1[c-]c(-c2nc(C)c(C)c3c(C)c(C)c(C)c(C)c23)c(C)c(C)c1C.[2HH].[2HH].[2HH].[2HH].[2HH].[2HH].[2H][2H].[2H][2H].[CH3-].[CH3-].[CH3-].[CH3-].[CH3-].[CH3-].[Ir+3].[Ir+3].[Ir].[Ir]. The molecule has 7 aromatic carbocycles. The summed E-state index contributed by atoms with van der Waals surface area (Å²) < 4.78 is 20.0. The van der Waals surface area contributed by atoms with Crippen LogP contribution in [0.3, 0.4) is 0 Å². The maximum atomic E-state index is 5.09. The molecule has 1 aliphatic heterocycles. The molecule has 11 heteroatoms. The number of fused-ring (bicyclic) bond motifs is 2. The molecule has 2 radical (unpaired) electrons. The molecule has 11 aromatic rings. The second kappa shape index (κ2) is 45.8. The molecule has 0 spiro atoms. The van der Waals surface area contributed by atoms with Crippen molar-refractivity contribution in [3.05, 3.63) is 309 Å². The fourth-order valence-electron chi connectivity index (χ4n) is 15.8. The molecule has 670 valence electrons. The first-order valence-electron chi connectivity index (χ1n) is 41.2. The van der Waals surface area contributed by atoms with Crippen LogP contribution in [0.25, 0.3) is 71.9 Å². The van der Waals surface area contributed by atoms with Crippen LogP contribution in [0.2, 0.25) is 0 Å². The fourth-order valence-corrected chi connectivity index (χ4v) is 15.8. The van der Waals surface area contributed by atoms with E-state index in [-0.39, 0.29) is 140 Å². The summed E-state index contributed by atoms with van der Waals surface area (Å²) in [7, 11) is 1.96. The van der Waals surface area contributed by atoms with Crippen LogP contribution in [-0.4, -0.2) is 37.8 Å². The van der Waals surface area contributed by atoms with Crippen LogP contribution in [0.1, 0.15) is 256 Å². The Morgan fingerprint density at radius 1 is 0.235 bits per heavy atom. The molecule has 5 heterocycles. The number of hydrogen-bond donors (Lipinski definition) is 0. The van der Waals surface area contributed by atoms with Gasteiger partial charge in [0.15, 0.2) is 0 Å². The van der Waals surface area contributed by atoms with Crippen molar-refractivity contribution in [1.29, 1.82) is 0 Å². The summed E-state index contributed by atoms with van der Waals surface area (Å²) >= 11 is 0. The Balaban J connectivity index is -0.000000145. The van der Waals surface area contributed by atoms with Gasteiger partial charge in [0.05, 0.1) is 0 Å². The van der Waals surface area contributed by atoms with E-state index in [4.69, 9.17) is 25.9 Å². The van der Waals surface area contributed by atoms with Gasteiger partial charge < -0.3 is 79.9 Å². The summed E-state index contributed by atoms with van der Waals surface area (Å²) in [5, 5.41) is 16.1. The van der Waals surface area contributed by atoms with E-state index < -0.39 is 0 Å². The first-order valence-corrected chi connectivity index (χ1v) is 39.2. The van der Waals surface area contributed by atoms with Crippen molar-refractivity contribution in [2.75, 3.05) is 7.05 Å². The first-order chi connectivity index (χ1) is 52.6. The van der Waals surface area contributed by atoms with E-state index in [2.05, 4.69) is 318 Å². The van der Waals surface area contributed by atoms with Crippen LogP contribution in [0.15, 0.2) is 5.10 Å². The van der Waals surface area contributed by atoms with Gasteiger partial charge in [0.25, 0.3) is 0 Å². The molecule has 0 amide bonds. The summed E-state index contributed by atoms with van der Waals surface area (Å²) in [6, 6.07) is 17.9. The minimum Gasteiger partial charge on any atom is -0.445 e. The molecular formula is C108H161Ir4N7-6. The predicted molar refractivity (Wildman–Crippen MR) is 526 cm³/mol. The molecule has 0 N–H and O–H groups in total. The van der Waals surface area contributed by atoms with Crippen molar-refractivity contribution in [2.24, 2.45) is 5.10 Å². The summed E-state index contributed by atoms with van der Waals surface area (Å²) in [6.45, 7) is 89.2. The minimum atomic E-state index is -0.00648. The third kappa shape index (κ3) is 22.2. The van der Waals surface area contributed by atoms with Crippen molar-refractivity contribution in [3.63, 3.8) is 0 Å². The molecular weight excluding hydrogens is 2160 g/mol. The van der Waals surface area contributed by atoms with Gasteiger partial charge >= 0.3 is 40.2 Å². The minimum absolute atomic E-state index is 0. The smallest absolute Gasteiger partial charge is 0.445 e. The fraction of sp³-hybridized carbons (Fsp3) is 0.398. The van der Waals surface area contributed by atoms with E-state index in [0.717, 1.165) is 79.2 Å². The standard InChI is InChI=1S/2C25H30N.2C19H24N.C14H19N3.6CH3.4Ir.8H2/c2*1-12-11-22(17(6)14(3)13(12)2)25-24-19(8)16(5)15(4)18(7)23(24)20(9)21(10)26-25;2*1-10-9-18(15(6)12(3)11(10)2)19-16(7)13(4)14(5)17(8)20-19;1-8-7-13(11(4)10(3)9(8)2)14-15-12(5)16-17(14)6;;;;;;;;;;;;;;;;;;/h2*1-10H3;2*1-8H3;14H,1-6H3;6*1H3;;;;;8*1H/q4*-1;-2;6*-1;;;2*+3;;;;;;;;/i;;;;;;;;;;;;;;;2*1+1D;6*1+1. The van der Waals surface area contributed by atoms with Crippen LogP contribution in [0.5, 0.6) is 0 Å². The summed E-state index contributed by atoms with van der Waals surface area (Å²) in [5.41, 5.74) is 62.0. The maximum Gasteiger partial charge on any atom is 3.00 e. The molecule has 0 saturated heterocycles. The Morgan fingerprint density at radius 3 is 0.689 bits per heavy atom. The summed E-state index contributed by atoms with van der Waals surface area (Å²) in [5.74, 6) is 0.834. The molecule has 0 fully saturated rings. The molecule has 1 unspecified atom stereocenters. The number of rotatable bonds is 5. The van der Waals surface area contributed by atoms with Crippen molar-refractivity contribution in [2.45, 2.75) is 290 Å². The number of amidine groups is 1. The number of hydrogen-bond acceptors (Lipinski definition) is 6. The number of benzene rings is 7. The van der Waals surface area contributed by atoms with E-state index in [0.29, 0.717) is 0 Å². The molecule has 1 aliphatic rings. The second-order valence-electron chi connectivity index (χ2n) is 32.4. The molecule has 7 nitrogen and oxygen atoms in total. The summed E-state index contributed by atoms with van der Waals surface area (Å²) in [4.78, 5) is 19.9. The molecule has 0 aliphatic carbocycles. The van der Waals surface area contributed by atoms with Gasteiger partial charge in [0, 0.05) is 90.7 Å². The number of nitrogens with zero attached hydrogens (tertiary/aromatic N) is 7. The third-order valence-electron chi connectivity index (χ3n) is 26.9. The van der Waals surface area contributed by atoms with Gasteiger partial charge in [0.2, 0.25) is 0 Å². The summed E-state index contributed by atoms with van der Waals surface area (Å²) in [6.07, 6.45) is -0.00648. The van der Waals surface area contributed by atoms with E-state index in [1.165, 1.54) is 222 Å². The van der Waals surface area contributed by atoms with Crippen LogP contribution < -0.4 is 0 Å². The van der Waals surface area contributed by atoms with E-state index >= 15 is 0 Å². The number of pyridine rings is 4. The third-order valence-corrected chi connectivity index (χ3v) is 26.9. The Labute approximate surface area is 797 Å². The zero-order chi connectivity index (χ0) is 86.1. The van der Waals surface area contributed by atoms with E-state index in [1.54, 1.807) is 0 Å². The Hall–Kier alpha value is -6.47. The average molecular weight is 2340 g/mol. The number of aryl methyl sites for hydroxylation is 15. The zero-order valence-corrected chi connectivity index (χ0v) is 92.1. The number of hydrazone groups is 1. The molecule has 119 heavy (non-hydrogen) atoms. The normalized spacial score (nSPS) is 11.6. The van der Waals surface area contributed by atoms with Gasteiger partial charge in [0.1, 0.15) is 0 Å². The first kappa shape index (κ1) is 113. The molecule has 0 saturated carbocycles. The largest absolute Gasteiger partial charge is 3.00 e. The van der Waals surface area contributed by atoms with E-state index in [9.17, 15) is 0 Å². The van der Waals surface area contributed by atoms with Crippen molar-refractivity contribution < 1.29 is 94.9 Å². The maximum absolute atomic E-state index is 5.09. The Kier molecular flexibility index (Phi) is 43.3. The number of aromatic nitrogens is 4. The monoisotopic (exact) mass is 2340 g/mol. The van der Waals surface area contributed by atoms with Crippen molar-refractivity contribution in [1.82, 2.24) is 24.9 Å². The second-order valence-corrected chi connectivity index (χ2v) is 32.4.